The average Bonchev–Trinajstić information content (AvgIpc) is 2.75. The molecule has 4 heteroatoms. The van der Waals surface area contributed by atoms with E-state index in [0.717, 1.165) is 36.1 Å². The first-order chi connectivity index (χ1) is 14.1. The van der Waals surface area contributed by atoms with E-state index in [9.17, 15) is 9.59 Å². The number of likely N-dealkylation sites (tertiary alicyclic amines) is 1. The molecular formula is C25H28N2O2. The smallest absolute Gasteiger partial charge is 0.232 e. The van der Waals surface area contributed by atoms with E-state index in [1.54, 1.807) is 0 Å². The van der Waals surface area contributed by atoms with Crippen LogP contribution in [0.3, 0.4) is 0 Å². The number of allylic oxidation sites excluding steroid dienone is 1. The predicted octanol–water partition coefficient (Wildman–Crippen LogP) is 4.49. The Morgan fingerprint density at radius 2 is 1.86 bits per heavy atom. The van der Waals surface area contributed by atoms with Crippen LogP contribution in [-0.4, -0.2) is 16.7 Å². The molecule has 1 saturated heterocycles. The van der Waals surface area contributed by atoms with Crippen molar-refractivity contribution in [3.63, 3.8) is 0 Å². The summed E-state index contributed by atoms with van der Waals surface area (Å²) in [5, 5.41) is 3.17. The molecule has 2 aromatic rings. The molecule has 150 valence electrons. The number of benzene rings is 2. The Labute approximate surface area is 172 Å². The SMILES string of the molecule is Cc1cccc(CNC(=O)C23CCCC=C2N(Cc2ccccc2)C(=O)CC3)c1. The molecule has 1 atom stereocenters. The van der Waals surface area contributed by atoms with Crippen LogP contribution in [0.1, 0.15) is 48.8 Å². The number of hydrogen-bond donors (Lipinski definition) is 1. The van der Waals surface area contributed by atoms with Crippen molar-refractivity contribution in [2.75, 3.05) is 0 Å². The predicted molar refractivity (Wildman–Crippen MR) is 114 cm³/mol. The molecule has 0 radical (unpaired) electrons. The molecule has 4 nitrogen and oxygen atoms in total. The lowest BCUT2D eigenvalue weighted by Gasteiger charge is -2.46. The summed E-state index contributed by atoms with van der Waals surface area (Å²) in [5.74, 6) is 0.166. The quantitative estimate of drug-likeness (QED) is 0.821. The Hall–Kier alpha value is -2.88. The number of hydrogen-bond acceptors (Lipinski definition) is 2. The molecule has 1 aliphatic heterocycles. The van der Waals surface area contributed by atoms with Gasteiger partial charge in [-0.3, -0.25) is 9.59 Å². The van der Waals surface area contributed by atoms with Crippen LogP contribution < -0.4 is 5.32 Å². The molecule has 2 amide bonds. The zero-order chi connectivity index (χ0) is 20.3. The number of rotatable bonds is 5. The number of aryl methyl sites for hydroxylation is 1. The lowest BCUT2D eigenvalue weighted by Crippen LogP contribution is -2.52. The summed E-state index contributed by atoms with van der Waals surface area (Å²) in [6.07, 6.45) is 5.84. The highest BCUT2D eigenvalue weighted by Gasteiger charge is 2.49. The first-order valence-corrected chi connectivity index (χ1v) is 10.5. The normalized spacial score (nSPS) is 21.3. The van der Waals surface area contributed by atoms with Crippen LogP contribution >= 0.6 is 0 Å². The molecule has 1 aliphatic carbocycles. The van der Waals surface area contributed by atoms with Crippen LogP contribution in [0.25, 0.3) is 0 Å². The van der Waals surface area contributed by atoms with Gasteiger partial charge in [-0.05, 0) is 43.7 Å². The summed E-state index contributed by atoms with van der Waals surface area (Å²) < 4.78 is 0. The van der Waals surface area contributed by atoms with Gasteiger partial charge < -0.3 is 10.2 Å². The summed E-state index contributed by atoms with van der Waals surface area (Å²) in [6.45, 7) is 3.10. The van der Waals surface area contributed by atoms with Crippen molar-refractivity contribution in [1.29, 1.82) is 0 Å². The van der Waals surface area contributed by atoms with Gasteiger partial charge in [-0.1, -0.05) is 66.2 Å². The molecule has 2 aromatic carbocycles. The molecule has 29 heavy (non-hydrogen) atoms. The van der Waals surface area contributed by atoms with E-state index in [1.165, 1.54) is 5.56 Å². The minimum absolute atomic E-state index is 0.0514. The molecule has 0 aromatic heterocycles. The van der Waals surface area contributed by atoms with Gasteiger partial charge in [0, 0.05) is 18.7 Å². The topological polar surface area (TPSA) is 49.4 Å². The summed E-state index contributed by atoms with van der Waals surface area (Å²) in [6, 6.07) is 18.2. The van der Waals surface area contributed by atoms with Gasteiger partial charge in [-0.25, -0.2) is 0 Å². The third-order valence-corrected chi connectivity index (χ3v) is 6.15. The van der Waals surface area contributed by atoms with Crippen molar-refractivity contribution in [1.82, 2.24) is 10.2 Å². The van der Waals surface area contributed by atoms with E-state index in [1.807, 2.05) is 47.4 Å². The second-order valence-electron chi connectivity index (χ2n) is 8.20. The van der Waals surface area contributed by atoms with E-state index in [2.05, 4.69) is 30.4 Å². The van der Waals surface area contributed by atoms with Crippen LogP contribution in [0.5, 0.6) is 0 Å². The van der Waals surface area contributed by atoms with Gasteiger partial charge >= 0.3 is 0 Å². The van der Waals surface area contributed by atoms with Crippen molar-refractivity contribution >= 4 is 11.8 Å². The van der Waals surface area contributed by atoms with Crippen molar-refractivity contribution in [3.8, 4) is 0 Å². The monoisotopic (exact) mass is 388 g/mol. The summed E-state index contributed by atoms with van der Waals surface area (Å²) in [4.78, 5) is 28.1. The maximum Gasteiger partial charge on any atom is 0.232 e. The van der Waals surface area contributed by atoms with Gasteiger partial charge in [0.05, 0.1) is 12.0 Å². The lowest BCUT2D eigenvalue weighted by atomic mass is 9.69. The van der Waals surface area contributed by atoms with Gasteiger partial charge in [0.25, 0.3) is 0 Å². The van der Waals surface area contributed by atoms with Crippen LogP contribution in [0, 0.1) is 12.3 Å². The van der Waals surface area contributed by atoms with Gasteiger partial charge in [-0.2, -0.15) is 0 Å². The van der Waals surface area contributed by atoms with Crippen LogP contribution in [0.15, 0.2) is 66.4 Å². The molecular weight excluding hydrogens is 360 g/mol. The molecule has 1 heterocycles. The van der Waals surface area contributed by atoms with Crippen LogP contribution in [-0.2, 0) is 22.7 Å². The van der Waals surface area contributed by atoms with Crippen LogP contribution in [0.2, 0.25) is 0 Å². The number of carbonyl (C=O) groups excluding carboxylic acids is 2. The largest absolute Gasteiger partial charge is 0.351 e. The third-order valence-electron chi connectivity index (χ3n) is 6.15. The Kier molecular flexibility index (Phi) is 5.52. The summed E-state index contributed by atoms with van der Waals surface area (Å²) in [7, 11) is 0. The number of piperidine rings is 1. The first-order valence-electron chi connectivity index (χ1n) is 10.5. The molecule has 1 unspecified atom stereocenters. The molecule has 1 fully saturated rings. The lowest BCUT2D eigenvalue weighted by molar-refractivity contribution is -0.141. The Morgan fingerprint density at radius 3 is 2.66 bits per heavy atom. The molecule has 4 rings (SSSR count). The summed E-state index contributed by atoms with van der Waals surface area (Å²) >= 11 is 0. The number of nitrogens with one attached hydrogen (secondary N) is 1. The standard InChI is InChI=1S/C25H28N2O2/c1-19-8-7-11-21(16-19)17-26-24(29)25-14-6-5-12-22(25)27(23(28)13-15-25)18-20-9-3-2-4-10-20/h2-4,7-12,16H,5-6,13-15,17-18H2,1H3,(H,26,29). The van der Waals surface area contributed by atoms with E-state index in [0.29, 0.717) is 25.9 Å². The zero-order valence-corrected chi connectivity index (χ0v) is 17.0. The van der Waals surface area contributed by atoms with Gasteiger partial charge in [0.15, 0.2) is 0 Å². The Bertz CT molecular complexity index is 935. The zero-order valence-electron chi connectivity index (χ0n) is 17.0. The summed E-state index contributed by atoms with van der Waals surface area (Å²) in [5.41, 5.74) is 3.69. The van der Waals surface area contributed by atoms with E-state index < -0.39 is 5.41 Å². The highest BCUT2D eigenvalue weighted by molar-refractivity contribution is 5.91. The second-order valence-corrected chi connectivity index (χ2v) is 8.20. The molecule has 2 aliphatic rings. The Morgan fingerprint density at radius 1 is 1.07 bits per heavy atom. The van der Waals surface area contributed by atoms with Gasteiger partial charge in [0.2, 0.25) is 11.8 Å². The number of amides is 2. The van der Waals surface area contributed by atoms with E-state index in [4.69, 9.17) is 0 Å². The van der Waals surface area contributed by atoms with Crippen molar-refractivity contribution in [2.24, 2.45) is 5.41 Å². The minimum atomic E-state index is -0.592. The fourth-order valence-electron chi connectivity index (χ4n) is 4.63. The maximum absolute atomic E-state index is 13.4. The molecule has 0 spiro atoms. The number of fused-ring (bicyclic) bond motifs is 1. The fourth-order valence-corrected chi connectivity index (χ4v) is 4.63. The molecule has 1 N–H and O–H groups in total. The van der Waals surface area contributed by atoms with E-state index >= 15 is 0 Å². The molecule has 0 saturated carbocycles. The third kappa shape index (κ3) is 3.98. The highest BCUT2D eigenvalue weighted by atomic mass is 16.2. The van der Waals surface area contributed by atoms with Crippen molar-refractivity contribution in [2.45, 2.75) is 52.1 Å². The van der Waals surface area contributed by atoms with Crippen molar-refractivity contribution < 1.29 is 9.59 Å². The van der Waals surface area contributed by atoms with Crippen molar-refractivity contribution in [3.05, 3.63) is 83.1 Å². The van der Waals surface area contributed by atoms with Crippen LogP contribution in [0.4, 0.5) is 0 Å². The maximum atomic E-state index is 13.4. The number of nitrogens with zero attached hydrogens (tertiary/aromatic N) is 1. The van der Waals surface area contributed by atoms with E-state index in [-0.39, 0.29) is 11.8 Å². The van der Waals surface area contributed by atoms with Gasteiger partial charge in [-0.15, -0.1) is 0 Å². The molecule has 0 bridgehead atoms. The number of carbonyl (C=O) groups is 2. The Balaban J connectivity index is 1.57. The first kappa shape index (κ1) is 19.4. The second kappa shape index (κ2) is 8.24. The minimum Gasteiger partial charge on any atom is -0.351 e. The average molecular weight is 389 g/mol. The van der Waals surface area contributed by atoms with Gasteiger partial charge in [0.1, 0.15) is 0 Å². The fraction of sp³-hybridized carbons (Fsp3) is 0.360. The highest BCUT2D eigenvalue weighted by Crippen LogP contribution is 2.47.